The average molecular weight is 284 g/mol. The fraction of sp³-hybridized carbons (Fsp3) is 1.00. The van der Waals surface area contributed by atoms with E-state index in [1.54, 1.807) is 0 Å². The lowest BCUT2D eigenvalue weighted by molar-refractivity contribution is 0.289. The van der Waals surface area contributed by atoms with Gasteiger partial charge in [-0.15, -0.1) is 0 Å². The van der Waals surface area contributed by atoms with E-state index in [2.05, 4.69) is 30.9 Å². The number of nitrogens with one attached hydrogen (secondary N) is 1. The Kier molecular flexibility index (Phi) is 7.07. The molecule has 0 amide bonds. The van der Waals surface area contributed by atoms with Crippen LogP contribution in [0.15, 0.2) is 0 Å². The van der Waals surface area contributed by atoms with Crippen molar-refractivity contribution in [3.63, 3.8) is 0 Å². The molecule has 3 unspecified atom stereocenters. The summed E-state index contributed by atoms with van der Waals surface area (Å²) in [4.78, 5) is 0. The van der Waals surface area contributed by atoms with Crippen molar-refractivity contribution in [3.8, 4) is 0 Å². The van der Waals surface area contributed by atoms with Gasteiger partial charge in [-0.3, -0.25) is 0 Å². The number of rotatable bonds is 7. The molecule has 3 atom stereocenters. The van der Waals surface area contributed by atoms with Crippen LogP contribution < -0.4 is 5.32 Å². The zero-order valence-corrected chi connectivity index (χ0v) is 13.8. The van der Waals surface area contributed by atoms with Crippen LogP contribution in [-0.2, 0) is 0 Å². The third-order valence-electron chi connectivity index (χ3n) is 5.08. The van der Waals surface area contributed by atoms with Gasteiger partial charge in [-0.2, -0.15) is 11.8 Å². The first-order chi connectivity index (χ1) is 9.33. The molecule has 0 saturated heterocycles. The molecule has 0 aromatic heterocycles. The maximum atomic E-state index is 3.75. The van der Waals surface area contributed by atoms with Gasteiger partial charge in [0.15, 0.2) is 0 Å². The minimum atomic E-state index is 0.796. The van der Waals surface area contributed by atoms with Gasteiger partial charge < -0.3 is 5.32 Å². The molecule has 0 radical (unpaired) electrons. The Balaban J connectivity index is 1.79. The normalized spacial score (nSPS) is 32.8. The van der Waals surface area contributed by atoms with Gasteiger partial charge in [0.2, 0.25) is 0 Å². The maximum absolute atomic E-state index is 3.75. The van der Waals surface area contributed by atoms with Crippen molar-refractivity contribution < 1.29 is 0 Å². The summed E-state index contributed by atoms with van der Waals surface area (Å²) in [5.74, 6) is 3.49. The van der Waals surface area contributed by atoms with Gasteiger partial charge in [0.1, 0.15) is 0 Å². The quantitative estimate of drug-likeness (QED) is 0.716. The minimum absolute atomic E-state index is 0.796. The topological polar surface area (TPSA) is 12.0 Å². The van der Waals surface area contributed by atoms with Crippen molar-refractivity contribution in [1.29, 1.82) is 0 Å². The van der Waals surface area contributed by atoms with Crippen molar-refractivity contribution in [3.05, 3.63) is 0 Å². The van der Waals surface area contributed by atoms with Gasteiger partial charge in [0.05, 0.1) is 0 Å². The van der Waals surface area contributed by atoms with Crippen LogP contribution in [0.4, 0.5) is 0 Å². The number of hydrogen-bond donors (Lipinski definition) is 1. The summed E-state index contributed by atoms with van der Waals surface area (Å²) in [6.07, 6.45) is 13.2. The van der Waals surface area contributed by atoms with E-state index >= 15 is 0 Å². The molecule has 0 aromatic carbocycles. The minimum Gasteiger partial charge on any atom is -0.313 e. The Morgan fingerprint density at radius 2 is 1.79 bits per heavy atom. The lowest BCUT2D eigenvalue weighted by atomic mass is 9.83. The lowest BCUT2D eigenvalue weighted by Gasteiger charge is -2.36. The Bertz CT molecular complexity index is 237. The first kappa shape index (κ1) is 15.7. The molecule has 19 heavy (non-hydrogen) atoms. The molecule has 0 spiro atoms. The van der Waals surface area contributed by atoms with Crippen LogP contribution in [0.5, 0.6) is 0 Å². The number of hydrogen-bond acceptors (Lipinski definition) is 2. The second-order valence-electron chi connectivity index (χ2n) is 6.65. The molecular formula is C17H33NS. The van der Waals surface area contributed by atoms with Gasteiger partial charge in [0, 0.05) is 11.3 Å². The van der Waals surface area contributed by atoms with Crippen molar-refractivity contribution in [1.82, 2.24) is 5.32 Å². The molecule has 1 N–H and O–H groups in total. The zero-order valence-electron chi connectivity index (χ0n) is 13.0. The molecule has 2 heteroatoms. The second kappa shape index (κ2) is 8.56. The summed E-state index contributed by atoms with van der Waals surface area (Å²) in [6.45, 7) is 5.75. The predicted octanol–water partition coefficient (Wildman–Crippen LogP) is 4.86. The Morgan fingerprint density at radius 1 is 1.00 bits per heavy atom. The predicted molar refractivity (Wildman–Crippen MR) is 87.9 cm³/mol. The van der Waals surface area contributed by atoms with Crippen molar-refractivity contribution in [2.24, 2.45) is 11.8 Å². The Morgan fingerprint density at radius 3 is 2.47 bits per heavy atom. The molecule has 0 heterocycles. The highest BCUT2D eigenvalue weighted by atomic mass is 32.2. The number of thioether (sulfide) groups is 1. The lowest BCUT2D eigenvalue weighted by Crippen LogP contribution is -2.42. The van der Waals surface area contributed by atoms with Crippen molar-refractivity contribution in [2.45, 2.75) is 82.9 Å². The highest BCUT2D eigenvalue weighted by Crippen LogP contribution is 2.37. The smallest absolute Gasteiger partial charge is 0.0203 e. The van der Waals surface area contributed by atoms with E-state index < -0.39 is 0 Å². The average Bonchev–Trinajstić information content (AvgIpc) is 2.92. The van der Waals surface area contributed by atoms with Crippen LogP contribution in [0.25, 0.3) is 0 Å². The molecule has 2 aliphatic rings. The molecule has 1 nitrogen and oxygen atoms in total. The van der Waals surface area contributed by atoms with Crippen LogP contribution >= 0.6 is 11.8 Å². The van der Waals surface area contributed by atoms with Gasteiger partial charge in [-0.05, 0) is 56.2 Å². The van der Waals surface area contributed by atoms with E-state index in [0.717, 1.165) is 29.7 Å². The molecular weight excluding hydrogens is 250 g/mol. The molecule has 0 aromatic rings. The van der Waals surface area contributed by atoms with Crippen LogP contribution in [0, 0.1) is 11.8 Å². The third kappa shape index (κ3) is 4.97. The summed E-state index contributed by atoms with van der Waals surface area (Å²) in [5.41, 5.74) is 0. The highest BCUT2D eigenvalue weighted by molar-refractivity contribution is 7.99. The standard InChI is InChI=1S/C17H33NS/c1-3-7-14-10-11-16(18-4-2)17(12-14)19-13-15-8-5-6-9-15/h14-18H,3-13H2,1-2H3. The summed E-state index contributed by atoms with van der Waals surface area (Å²) < 4.78 is 0. The van der Waals surface area contributed by atoms with E-state index in [1.807, 2.05) is 0 Å². The molecule has 2 saturated carbocycles. The largest absolute Gasteiger partial charge is 0.313 e. The van der Waals surface area contributed by atoms with E-state index in [1.165, 1.54) is 63.5 Å². The van der Waals surface area contributed by atoms with Gasteiger partial charge in [-0.25, -0.2) is 0 Å². The van der Waals surface area contributed by atoms with E-state index in [4.69, 9.17) is 0 Å². The van der Waals surface area contributed by atoms with Crippen LogP contribution in [0.3, 0.4) is 0 Å². The fourth-order valence-corrected chi connectivity index (χ4v) is 5.72. The molecule has 2 aliphatic carbocycles. The maximum Gasteiger partial charge on any atom is 0.0203 e. The van der Waals surface area contributed by atoms with Gasteiger partial charge in [0.25, 0.3) is 0 Å². The summed E-state index contributed by atoms with van der Waals surface area (Å²) in [6, 6.07) is 0.796. The third-order valence-corrected chi connectivity index (χ3v) is 6.70. The fourth-order valence-electron chi connectivity index (χ4n) is 4.00. The SMILES string of the molecule is CCCC1CCC(NCC)C(SCC2CCCC2)C1. The second-order valence-corrected chi connectivity index (χ2v) is 7.93. The summed E-state index contributed by atoms with van der Waals surface area (Å²) in [7, 11) is 0. The van der Waals surface area contributed by atoms with Crippen LogP contribution in [-0.4, -0.2) is 23.6 Å². The first-order valence-corrected chi connectivity index (χ1v) is 9.73. The summed E-state index contributed by atoms with van der Waals surface area (Å²) in [5, 5.41) is 4.65. The molecule has 2 fully saturated rings. The van der Waals surface area contributed by atoms with Gasteiger partial charge >= 0.3 is 0 Å². The first-order valence-electron chi connectivity index (χ1n) is 8.68. The van der Waals surface area contributed by atoms with E-state index in [9.17, 15) is 0 Å². The van der Waals surface area contributed by atoms with Crippen LogP contribution in [0.2, 0.25) is 0 Å². The van der Waals surface area contributed by atoms with Crippen molar-refractivity contribution >= 4 is 11.8 Å². The van der Waals surface area contributed by atoms with Crippen LogP contribution in [0.1, 0.15) is 71.6 Å². The summed E-state index contributed by atoms with van der Waals surface area (Å²) >= 11 is 2.31. The zero-order chi connectivity index (χ0) is 13.5. The molecule has 112 valence electrons. The van der Waals surface area contributed by atoms with Gasteiger partial charge in [-0.1, -0.05) is 39.5 Å². The molecule has 0 bridgehead atoms. The molecule has 2 rings (SSSR count). The Labute approximate surface area is 124 Å². The van der Waals surface area contributed by atoms with E-state index in [-0.39, 0.29) is 0 Å². The van der Waals surface area contributed by atoms with E-state index in [0.29, 0.717) is 0 Å². The Hall–Kier alpha value is 0.310. The van der Waals surface area contributed by atoms with Crippen molar-refractivity contribution in [2.75, 3.05) is 12.3 Å². The molecule has 0 aliphatic heterocycles. The monoisotopic (exact) mass is 283 g/mol. The highest BCUT2D eigenvalue weighted by Gasteiger charge is 2.30.